The van der Waals surface area contributed by atoms with E-state index in [2.05, 4.69) is 16.0 Å². The van der Waals surface area contributed by atoms with Gasteiger partial charge in [-0.1, -0.05) is 0 Å². The molecule has 1 aliphatic heterocycles. The first-order valence-electron chi connectivity index (χ1n) is 6.65. The van der Waals surface area contributed by atoms with Crippen molar-refractivity contribution in [3.8, 4) is 0 Å². The predicted octanol–water partition coefficient (Wildman–Crippen LogP) is -2.49. The number of aliphatic carboxylic acids is 1. The summed E-state index contributed by atoms with van der Waals surface area (Å²) in [4.78, 5) is 46.4. The standard InChI is InChI=1S/C12H20N4O5/c1-8(17)13-2-3-14-10(18)7-16-5-4-15-12(21)9(16)6-11(19)20/h9H,2-7H2,1H3,(H,13,17)(H,14,18)(H,15,21)(H,19,20). The van der Waals surface area contributed by atoms with Crippen molar-refractivity contribution in [3.05, 3.63) is 0 Å². The number of piperazine rings is 1. The highest BCUT2D eigenvalue weighted by Gasteiger charge is 2.32. The fraction of sp³-hybridized carbons (Fsp3) is 0.667. The van der Waals surface area contributed by atoms with Crippen LogP contribution in [0.2, 0.25) is 0 Å². The Bertz CT molecular complexity index is 426. The zero-order chi connectivity index (χ0) is 15.8. The summed E-state index contributed by atoms with van der Waals surface area (Å²) in [5.74, 6) is -1.97. The molecule has 0 aromatic rings. The fourth-order valence-electron chi connectivity index (χ4n) is 2.02. The average Bonchev–Trinajstić information content (AvgIpc) is 2.38. The van der Waals surface area contributed by atoms with E-state index in [1.807, 2.05) is 0 Å². The molecule has 0 spiro atoms. The van der Waals surface area contributed by atoms with Gasteiger partial charge in [0.1, 0.15) is 6.04 Å². The third kappa shape index (κ3) is 6.21. The zero-order valence-corrected chi connectivity index (χ0v) is 11.8. The molecule has 1 fully saturated rings. The van der Waals surface area contributed by atoms with E-state index in [0.29, 0.717) is 19.6 Å². The molecule has 0 radical (unpaired) electrons. The van der Waals surface area contributed by atoms with Gasteiger partial charge in [0, 0.05) is 33.1 Å². The van der Waals surface area contributed by atoms with Crippen LogP contribution in [0, 0.1) is 0 Å². The molecule has 0 aromatic heterocycles. The highest BCUT2D eigenvalue weighted by Crippen LogP contribution is 2.08. The van der Waals surface area contributed by atoms with Gasteiger partial charge in [-0.05, 0) is 0 Å². The van der Waals surface area contributed by atoms with Crippen molar-refractivity contribution in [3.63, 3.8) is 0 Å². The highest BCUT2D eigenvalue weighted by molar-refractivity contribution is 5.87. The van der Waals surface area contributed by atoms with E-state index in [4.69, 9.17) is 5.11 Å². The Kier molecular flexibility index (Phi) is 6.60. The Hall–Kier alpha value is -2.16. The first-order chi connectivity index (χ1) is 9.90. The molecule has 0 bridgehead atoms. The van der Waals surface area contributed by atoms with Gasteiger partial charge in [-0.25, -0.2) is 0 Å². The summed E-state index contributed by atoms with van der Waals surface area (Å²) >= 11 is 0. The SMILES string of the molecule is CC(=O)NCCNC(=O)CN1CCNC(=O)C1CC(=O)O. The van der Waals surface area contributed by atoms with Gasteiger partial charge in [0.25, 0.3) is 0 Å². The predicted molar refractivity (Wildman–Crippen MR) is 72.3 cm³/mol. The van der Waals surface area contributed by atoms with E-state index in [9.17, 15) is 19.2 Å². The van der Waals surface area contributed by atoms with Crippen LogP contribution in [0.15, 0.2) is 0 Å². The molecule has 0 saturated carbocycles. The van der Waals surface area contributed by atoms with E-state index in [-0.39, 0.29) is 37.2 Å². The van der Waals surface area contributed by atoms with Gasteiger partial charge in [0.2, 0.25) is 17.7 Å². The largest absolute Gasteiger partial charge is 0.481 e. The quantitative estimate of drug-likeness (QED) is 0.385. The van der Waals surface area contributed by atoms with Gasteiger partial charge in [0.05, 0.1) is 13.0 Å². The summed E-state index contributed by atoms with van der Waals surface area (Å²) in [6, 6.07) is -0.836. The average molecular weight is 300 g/mol. The summed E-state index contributed by atoms with van der Waals surface area (Å²) in [7, 11) is 0. The Morgan fingerprint density at radius 1 is 1.33 bits per heavy atom. The van der Waals surface area contributed by atoms with Crippen molar-refractivity contribution >= 4 is 23.7 Å². The maximum atomic E-state index is 11.7. The van der Waals surface area contributed by atoms with E-state index in [0.717, 1.165) is 0 Å². The number of nitrogens with zero attached hydrogens (tertiary/aromatic N) is 1. The van der Waals surface area contributed by atoms with Crippen molar-refractivity contribution < 1.29 is 24.3 Å². The number of carboxylic acids is 1. The molecule has 9 heteroatoms. The molecule has 9 nitrogen and oxygen atoms in total. The summed E-state index contributed by atoms with van der Waals surface area (Å²) in [6.45, 7) is 2.73. The maximum Gasteiger partial charge on any atom is 0.305 e. The number of amides is 3. The molecule has 1 atom stereocenters. The van der Waals surface area contributed by atoms with Crippen LogP contribution in [0.1, 0.15) is 13.3 Å². The van der Waals surface area contributed by atoms with E-state index < -0.39 is 12.0 Å². The third-order valence-corrected chi connectivity index (χ3v) is 2.98. The number of hydrogen-bond donors (Lipinski definition) is 4. The minimum atomic E-state index is -1.09. The van der Waals surface area contributed by atoms with E-state index >= 15 is 0 Å². The molecule has 4 N–H and O–H groups in total. The maximum absolute atomic E-state index is 11.7. The van der Waals surface area contributed by atoms with Crippen molar-refractivity contribution in [2.45, 2.75) is 19.4 Å². The topological polar surface area (TPSA) is 128 Å². The van der Waals surface area contributed by atoms with Gasteiger partial charge < -0.3 is 21.1 Å². The Morgan fingerprint density at radius 3 is 2.62 bits per heavy atom. The molecule has 0 aliphatic carbocycles. The fourth-order valence-corrected chi connectivity index (χ4v) is 2.02. The lowest BCUT2D eigenvalue weighted by Crippen LogP contribution is -2.58. The summed E-state index contributed by atoms with van der Waals surface area (Å²) in [5.41, 5.74) is 0. The molecule has 1 aliphatic rings. The Morgan fingerprint density at radius 2 is 2.00 bits per heavy atom. The molecule has 3 amide bonds. The van der Waals surface area contributed by atoms with Crippen LogP contribution in [0.3, 0.4) is 0 Å². The number of carbonyl (C=O) groups excluding carboxylic acids is 3. The smallest absolute Gasteiger partial charge is 0.305 e. The van der Waals surface area contributed by atoms with Crippen LogP contribution < -0.4 is 16.0 Å². The van der Waals surface area contributed by atoms with Gasteiger partial charge in [0.15, 0.2) is 0 Å². The Labute approximate surface area is 122 Å². The van der Waals surface area contributed by atoms with Crippen molar-refractivity contribution in [2.24, 2.45) is 0 Å². The third-order valence-electron chi connectivity index (χ3n) is 2.98. The van der Waals surface area contributed by atoms with Crippen LogP contribution >= 0.6 is 0 Å². The molecule has 0 aromatic carbocycles. The molecular weight excluding hydrogens is 280 g/mol. The molecule has 118 valence electrons. The van der Waals surface area contributed by atoms with Crippen molar-refractivity contribution in [1.29, 1.82) is 0 Å². The van der Waals surface area contributed by atoms with Crippen molar-refractivity contribution in [1.82, 2.24) is 20.9 Å². The lowest BCUT2D eigenvalue weighted by atomic mass is 10.1. The lowest BCUT2D eigenvalue weighted by Gasteiger charge is -2.33. The molecule has 1 unspecified atom stereocenters. The summed E-state index contributed by atoms with van der Waals surface area (Å²) < 4.78 is 0. The van der Waals surface area contributed by atoms with Crippen LogP contribution in [0.4, 0.5) is 0 Å². The second-order valence-electron chi connectivity index (χ2n) is 4.71. The number of nitrogens with one attached hydrogen (secondary N) is 3. The van der Waals surface area contributed by atoms with Crippen LogP contribution in [0.25, 0.3) is 0 Å². The molecule has 21 heavy (non-hydrogen) atoms. The highest BCUT2D eigenvalue weighted by atomic mass is 16.4. The monoisotopic (exact) mass is 300 g/mol. The minimum absolute atomic E-state index is 0.0502. The summed E-state index contributed by atoms with van der Waals surface area (Å²) in [6.07, 6.45) is -0.342. The lowest BCUT2D eigenvalue weighted by molar-refractivity contribution is -0.144. The first kappa shape index (κ1) is 16.9. The van der Waals surface area contributed by atoms with Gasteiger partial charge in [-0.15, -0.1) is 0 Å². The van der Waals surface area contributed by atoms with Crippen LogP contribution in [0.5, 0.6) is 0 Å². The van der Waals surface area contributed by atoms with E-state index in [1.54, 1.807) is 4.90 Å². The molecule has 1 heterocycles. The number of carbonyl (C=O) groups is 4. The molecular formula is C12H20N4O5. The second-order valence-corrected chi connectivity index (χ2v) is 4.71. The van der Waals surface area contributed by atoms with Gasteiger partial charge >= 0.3 is 5.97 Å². The second kappa shape index (κ2) is 8.20. The number of hydrogen-bond acceptors (Lipinski definition) is 5. The van der Waals surface area contributed by atoms with Gasteiger partial charge in [-0.2, -0.15) is 0 Å². The van der Waals surface area contributed by atoms with E-state index in [1.165, 1.54) is 6.92 Å². The molecule has 1 rings (SSSR count). The first-order valence-corrected chi connectivity index (χ1v) is 6.65. The minimum Gasteiger partial charge on any atom is -0.481 e. The Balaban J connectivity index is 2.42. The van der Waals surface area contributed by atoms with Crippen LogP contribution in [-0.4, -0.2) is 72.5 Å². The summed E-state index contributed by atoms with van der Waals surface area (Å²) in [5, 5.41) is 16.5. The van der Waals surface area contributed by atoms with Crippen molar-refractivity contribution in [2.75, 3.05) is 32.7 Å². The zero-order valence-electron chi connectivity index (χ0n) is 11.8. The number of rotatable bonds is 7. The normalized spacial score (nSPS) is 18.7. The molecule has 1 saturated heterocycles. The van der Waals surface area contributed by atoms with Gasteiger partial charge in [-0.3, -0.25) is 24.1 Å². The van der Waals surface area contributed by atoms with Crippen LogP contribution in [-0.2, 0) is 19.2 Å². The number of carboxylic acid groups (broad SMARTS) is 1.